The zero-order valence-corrected chi connectivity index (χ0v) is 13.2. The number of rotatable bonds is 6. The molecule has 0 bridgehead atoms. The number of para-hydroxylation sites is 1. The molecule has 1 N–H and O–H groups in total. The van der Waals surface area contributed by atoms with E-state index in [-0.39, 0.29) is 11.6 Å². The summed E-state index contributed by atoms with van der Waals surface area (Å²) >= 11 is 0. The third-order valence-corrected chi connectivity index (χ3v) is 3.49. The summed E-state index contributed by atoms with van der Waals surface area (Å²) in [4.78, 5) is 12.1. The van der Waals surface area contributed by atoms with Gasteiger partial charge in [0.25, 0.3) is 5.91 Å². The Bertz CT molecular complexity index is 800. The van der Waals surface area contributed by atoms with Crippen molar-refractivity contribution in [3.8, 4) is 11.6 Å². The van der Waals surface area contributed by atoms with Gasteiger partial charge in [-0.2, -0.15) is 5.10 Å². The molecule has 0 saturated heterocycles. The first-order chi connectivity index (χ1) is 11.8. The van der Waals surface area contributed by atoms with Gasteiger partial charge in [-0.15, -0.1) is 10.2 Å². The van der Waals surface area contributed by atoms with Crippen molar-refractivity contribution in [2.45, 2.75) is 6.42 Å². The van der Waals surface area contributed by atoms with Crippen LogP contribution in [-0.4, -0.2) is 39.5 Å². The Balaban J connectivity index is 1.57. The summed E-state index contributed by atoms with van der Waals surface area (Å²) < 4.78 is 6.87. The predicted molar refractivity (Wildman–Crippen MR) is 88.2 cm³/mol. The van der Waals surface area contributed by atoms with E-state index in [9.17, 15) is 4.79 Å². The number of aromatic nitrogens is 4. The standard InChI is InChI=1S/C17H17N5O2/c1-24-15-6-3-2-5-13(15)9-11-18-17(23)14-7-8-16(21-20-14)22-12-4-10-19-22/h2-8,10,12H,9,11H2,1H3,(H,18,23). The summed E-state index contributed by atoms with van der Waals surface area (Å²) in [7, 11) is 1.63. The van der Waals surface area contributed by atoms with Gasteiger partial charge in [-0.3, -0.25) is 4.79 Å². The number of nitrogens with zero attached hydrogens (tertiary/aromatic N) is 4. The van der Waals surface area contributed by atoms with Crippen LogP contribution in [0.2, 0.25) is 0 Å². The summed E-state index contributed by atoms with van der Waals surface area (Å²) in [5, 5.41) is 14.8. The van der Waals surface area contributed by atoms with Crippen LogP contribution in [0.1, 0.15) is 16.1 Å². The zero-order chi connectivity index (χ0) is 16.8. The van der Waals surface area contributed by atoms with Crippen molar-refractivity contribution in [3.05, 3.63) is 66.1 Å². The van der Waals surface area contributed by atoms with E-state index >= 15 is 0 Å². The Labute approximate surface area is 139 Å². The summed E-state index contributed by atoms with van der Waals surface area (Å²) in [5.41, 5.74) is 1.31. The lowest BCUT2D eigenvalue weighted by atomic mass is 10.1. The van der Waals surface area contributed by atoms with Gasteiger partial charge in [0, 0.05) is 18.9 Å². The molecule has 0 aliphatic heterocycles. The maximum absolute atomic E-state index is 12.1. The van der Waals surface area contributed by atoms with Crippen molar-refractivity contribution in [1.29, 1.82) is 0 Å². The normalized spacial score (nSPS) is 10.4. The van der Waals surface area contributed by atoms with Crippen molar-refractivity contribution < 1.29 is 9.53 Å². The number of carbonyl (C=O) groups excluding carboxylic acids is 1. The highest BCUT2D eigenvalue weighted by atomic mass is 16.5. The summed E-state index contributed by atoms with van der Waals surface area (Å²) in [6.45, 7) is 0.488. The monoisotopic (exact) mass is 323 g/mol. The number of hydrogen-bond donors (Lipinski definition) is 1. The van der Waals surface area contributed by atoms with Gasteiger partial charge in [-0.25, -0.2) is 4.68 Å². The van der Waals surface area contributed by atoms with Gasteiger partial charge >= 0.3 is 0 Å². The third kappa shape index (κ3) is 3.57. The molecule has 122 valence electrons. The van der Waals surface area contributed by atoms with Crippen LogP contribution in [0.3, 0.4) is 0 Å². The molecule has 0 spiro atoms. The van der Waals surface area contributed by atoms with Gasteiger partial charge in [-0.05, 0) is 36.2 Å². The number of benzene rings is 1. The maximum atomic E-state index is 12.1. The molecule has 3 rings (SSSR count). The minimum Gasteiger partial charge on any atom is -0.496 e. The lowest BCUT2D eigenvalue weighted by Crippen LogP contribution is -2.27. The number of methoxy groups -OCH3 is 1. The molecular formula is C17H17N5O2. The highest BCUT2D eigenvalue weighted by molar-refractivity contribution is 5.92. The highest BCUT2D eigenvalue weighted by Crippen LogP contribution is 2.17. The van der Waals surface area contributed by atoms with E-state index in [1.807, 2.05) is 24.3 Å². The molecule has 1 amide bonds. The van der Waals surface area contributed by atoms with Gasteiger partial charge in [-0.1, -0.05) is 18.2 Å². The van der Waals surface area contributed by atoms with Gasteiger partial charge in [0.05, 0.1) is 7.11 Å². The minimum atomic E-state index is -0.260. The minimum absolute atomic E-state index is 0.260. The van der Waals surface area contributed by atoms with Crippen LogP contribution in [0.5, 0.6) is 5.75 Å². The highest BCUT2D eigenvalue weighted by Gasteiger charge is 2.09. The van der Waals surface area contributed by atoms with Crippen LogP contribution in [0.4, 0.5) is 0 Å². The Hall–Kier alpha value is -3.22. The Kier molecular flexibility index (Phi) is 4.81. The second-order valence-electron chi connectivity index (χ2n) is 5.05. The molecule has 7 nitrogen and oxygen atoms in total. The smallest absolute Gasteiger partial charge is 0.271 e. The number of nitrogens with one attached hydrogen (secondary N) is 1. The summed E-state index contributed by atoms with van der Waals surface area (Å²) in [5.74, 6) is 1.12. The van der Waals surface area contributed by atoms with E-state index in [2.05, 4.69) is 20.6 Å². The Morgan fingerprint density at radius 1 is 1.17 bits per heavy atom. The first kappa shape index (κ1) is 15.7. The number of carbonyl (C=O) groups is 1. The van der Waals surface area contributed by atoms with E-state index in [4.69, 9.17) is 4.74 Å². The quantitative estimate of drug-likeness (QED) is 0.746. The number of ether oxygens (including phenoxy) is 1. The molecule has 0 radical (unpaired) electrons. The van der Waals surface area contributed by atoms with Crippen LogP contribution in [0.15, 0.2) is 54.9 Å². The molecule has 7 heteroatoms. The molecule has 0 fully saturated rings. The predicted octanol–water partition coefficient (Wildman–Crippen LogP) is 1.64. The van der Waals surface area contributed by atoms with Crippen molar-refractivity contribution in [2.24, 2.45) is 0 Å². The molecule has 0 aliphatic rings. The van der Waals surface area contributed by atoms with Gasteiger partial charge in [0.1, 0.15) is 5.75 Å². The molecular weight excluding hydrogens is 306 g/mol. The fraction of sp³-hybridized carbons (Fsp3) is 0.176. The first-order valence-corrected chi connectivity index (χ1v) is 7.52. The Morgan fingerprint density at radius 2 is 2.04 bits per heavy atom. The molecule has 1 aromatic carbocycles. The van der Waals surface area contributed by atoms with Crippen molar-refractivity contribution in [2.75, 3.05) is 13.7 Å². The van der Waals surface area contributed by atoms with Crippen LogP contribution >= 0.6 is 0 Å². The van der Waals surface area contributed by atoms with Crippen molar-refractivity contribution in [3.63, 3.8) is 0 Å². The van der Waals surface area contributed by atoms with E-state index < -0.39 is 0 Å². The van der Waals surface area contributed by atoms with E-state index in [1.165, 1.54) is 0 Å². The first-order valence-electron chi connectivity index (χ1n) is 7.52. The van der Waals surface area contributed by atoms with E-state index in [0.717, 1.165) is 11.3 Å². The maximum Gasteiger partial charge on any atom is 0.271 e. The topological polar surface area (TPSA) is 81.9 Å². The molecule has 0 unspecified atom stereocenters. The van der Waals surface area contributed by atoms with Crippen LogP contribution in [-0.2, 0) is 6.42 Å². The Morgan fingerprint density at radius 3 is 2.75 bits per heavy atom. The molecule has 2 aromatic heterocycles. The van der Waals surface area contributed by atoms with Gasteiger partial charge in [0.15, 0.2) is 11.5 Å². The van der Waals surface area contributed by atoms with Crippen LogP contribution in [0.25, 0.3) is 5.82 Å². The second kappa shape index (κ2) is 7.36. The zero-order valence-electron chi connectivity index (χ0n) is 13.2. The average Bonchev–Trinajstić information content (AvgIpc) is 3.17. The summed E-state index contributed by atoms with van der Waals surface area (Å²) in [6.07, 6.45) is 4.09. The number of hydrogen-bond acceptors (Lipinski definition) is 5. The van der Waals surface area contributed by atoms with Crippen molar-refractivity contribution >= 4 is 5.91 Å². The van der Waals surface area contributed by atoms with E-state index in [0.29, 0.717) is 18.8 Å². The van der Waals surface area contributed by atoms with E-state index in [1.54, 1.807) is 42.4 Å². The lowest BCUT2D eigenvalue weighted by molar-refractivity contribution is 0.0948. The fourth-order valence-electron chi connectivity index (χ4n) is 2.28. The molecule has 0 atom stereocenters. The largest absolute Gasteiger partial charge is 0.496 e. The molecule has 24 heavy (non-hydrogen) atoms. The summed E-state index contributed by atoms with van der Waals surface area (Å²) in [6, 6.07) is 12.9. The van der Waals surface area contributed by atoms with Gasteiger partial charge in [0.2, 0.25) is 0 Å². The molecule has 2 heterocycles. The van der Waals surface area contributed by atoms with Crippen LogP contribution in [0, 0.1) is 0 Å². The van der Waals surface area contributed by atoms with Crippen LogP contribution < -0.4 is 10.1 Å². The second-order valence-corrected chi connectivity index (χ2v) is 5.05. The number of amides is 1. The SMILES string of the molecule is COc1ccccc1CCNC(=O)c1ccc(-n2cccn2)nn1. The molecule has 0 aliphatic carbocycles. The third-order valence-electron chi connectivity index (χ3n) is 3.49. The molecule has 0 saturated carbocycles. The van der Waals surface area contributed by atoms with Gasteiger partial charge < -0.3 is 10.1 Å². The molecule has 3 aromatic rings. The van der Waals surface area contributed by atoms with Crippen molar-refractivity contribution in [1.82, 2.24) is 25.3 Å². The average molecular weight is 323 g/mol. The lowest BCUT2D eigenvalue weighted by Gasteiger charge is -2.09. The fourth-order valence-corrected chi connectivity index (χ4v) is 2.28.